The molecule has 0 aliphatic carbocycles. The fourth-order valence-corrected chi connectivity index (χ4v) is 4.11. The van der Waals surface area contributed by atoms with E-state index in [1.54, 1.807) is 12.1 Å². The van der Waals surface area contributed by atoms with Crippen LogP contribution in [0.25, 0.3) is 0 Å². The fourth-order valence-electron chi connectivity index (χ4n) is 4.11. The molecule has 3 N–H and O–H groups in total. The van der Waals surface area contributed by atoms with Crippen LogP contribution in [0.3, 0.4) is 0 Å². The average molecular weight is 400 g/mol. The van der Waals surface area contributed by atoms with Gasteiger partial charge in [-0.05, 0) is 54.7 Å². The lowest BCUT2D eigenvalue weighted by Crippen LogP contribution is -2.51. The number of piperidine rings is 1. The first-order chi connectivity index (χ1) is 14.1. The zero-order chi connectivity index (χ0) is 20.2. The number of benzene rings is 2. The van der Waals surface area contributed by atoms with Crippen molar-refractivity contribution in [2.24, 2.45) is 0 Å². The number of likely N-dealkylation sites (tertiary alicyclic amines) is 1. The zero-order valence-corrected chi connectivity index (χ0v) is 16.2. The Morgan fingerprint density at radius 1 is 0.966 bits per heavy atom. The van der Waals surface area contributed by atoms with Gasteiger partial charge in [-0.1, -0.05) is 24.3 Å². The number of nitrogens with zero attached hydrogens (tertiary/aromatic N) is 1. The van der Waals surface area contributed by atoms with E-state index in [2.05, 4.69) is 21.1 Å². The Bertz CT molecular complexity index is 820. The molecule has 2 aromatic rings. The van der Waals surface area contributed by atoms with Crippen molar-refractivity contribution in [1.29, 1.82) is 0 Å². The molecule has 2 saturated heterocycles. The largest absolute Gasteiger partial charge is 0.353 e. The minimum Gasteiger partial charge on any atom is -0.353 e. The molecule has 2 fully saturated rings. The van der Waals surface area contributed by atoms with E-state index in [0.717, 1.165) is 43.5 Å². The highest BCUT2D eigenvalue weighted by atomic mass is 19.1. The van der Waals surface area contributed by atoms with Crippen LogP contribution in [0.2, 0.25) is 0 Å². The van der Waals surface area contributed by atoms with E-state index < -0.39 is 0 Å². The van der Waals surface area contributed by atoms with E-state index in [4.69, 9.17) is 0 Å². The van der Waals surface area contributed by atoms with E-state index in [1.165, 1.54) is 24.3 Å². The van der Waals surface area contributed by atoms with Crippen molar-refractivity contribution >= 4 is 5.91 Å². The Labute approximate surface area is 169 Å². The van der Waals surface area contributed by atoms with Crippen LogP contribution in [0.1, 0.15) is 36.4 Å². The Hall–Kier alpha value is -2.35. The fraction of sp³-hybridized carbons (Fsp3) is 0.409. The molecule has 7 heteroatoms. The molecule has 0 spiro atoms. The van der Waals surface area contributed by atoms with Crippen LogP contribution in [-0.2, 0) is 11.2 Å². The number of nitrogens with one attached hydrogen (secondary N) is 3. The molecule has 29 heavy (non-hydrogen) atoms. The highest BCUT2D eigenvalue weighted by molar-refractivity contribution is 5.78. The number of carbonyl (C=O) groups is 1. The summed E-state index contributed by atoms with van der Waals surface area (Å²) in [4.78, 5) is 14.6. The van der Waals surface area contributed by atoms with Crippen LogP contribution in [0.5, 0.6) is 0 Å². The Morgan fingerprint density at radius 2 is 1.59 bits per heavy atom. The van der Waals surface area contributed by atoms with Crippen molar-refractivity contribution in [1.82, 2.24) is 21.1 Å². The number of carbonyl (C=O) groups excluding carboxylic acids is 1. The number of rotatable bonds is 5. The zero-order valence-electron chi connectivity index (χ0n) is 16.2. The van der Waals surface area contributed by atoms with E-state index in [9.17, 15) is 13.6 Å². The average Bonchev–Trinajstić information content (AvgIpc) is 3.21. The molecule has 2 unspecified atom stereocenters. The van der Waals surface area contributed by atoms with Crippen molar-refractivity contribution in [3.05, 3.63) is 71.3 Å². The molecular formula is C22H26F2N4O. The van der Waals surface area contributed by atoms with Gasteiger partial charge < -0.3 is 5.32 Å². The molecule has 2 heterocycles. The third kappa shape index (κ3) is 5.18. The Balaban J connectivity index is 1.22. The third-order valence-corrected chi connectivity index (χ3v) is 5.77. The monoisotopic (exact) mass is 400 g/mol. The minimum absolute atomic E-state index is 0.0212. The molecule has 5 nitrogen and oxygen atoms in total. The van der Waals surface area contributed by atoms with Gasteiger partial charge in [0, 0.05) is 25.2 Å². The maximum Gasteiger partial charge on any atom is 0.224 e. The summed E-state index contributed by atoms with van der Waals surface area (Å²) < 4.78 is 26.1. The van der Waals surface area contributed by atoms with Gasteiger partial charge in [-0.2, -0.15) is 0 Å². The number of hydrogen-bond acceptors (Lipinski definition) is 4. The molecule has 2 aromatic carbocycles. The van der Waals surface area contributed by atoms with Crippen molar-refractivity contribution in [2.75, 3.05) is 13.1 Å². The van der Waals surface area contributed by atoms with Gasteiger partial charge in [0.2, 0.25) is 5.91 Å². The predicted molar refractivity (Wildman–Crippen MR) is 107 cm³/mol. The molecule has 2 aliphatic heterocycles. The highest BCUT2D eigenvalue weighted by Gasteiger charge is 2.32. The second-order valence-electron chi connectivity index (χ2n) is 7.83. The summed E-state index contributed by atoms with van der Waals surface area (Å²) in [5, 5.41) is 3.10. The van der Waals surface area contributed by atoms with Gasteiger partial charge in [0.05, 0.1) is 12.6 Å². The summed E-state index contributed by atoms with van der Waals surface area (Å²) in [6.07, 6.45) is 3.20. The summed E-state index contributed by atoms with van der Waals surface area (Å²) in [6.45, 7) is 1.80. The van der Waals surface area contributed by atoms with E-state index in [-0.39, 0.29) is 42.2 Å². The number of amides is 1. The van der Waals surface area contributed by atoms with Gasteiger partial charge in [-0.25, -0.2) is 19.6 Å². The van der Waals surface area contributed by atoms with Crippen molar-refractivity contribution < 1.29 is 13.6 Å². The van der Waals surface area contributed by atoms with Crippen LogP contribution in [0.4, 0.5) is 8.78 Å². The molecule has 0 saturated carbocycles. The second kappa shape index (κ2) is 8.98. The first-order valence-corrected chi connectivity index (χ1v) is 10.1. The smallest absolute Gasteiger partial charge is 0.224 e. The second-order valence-corrected chi connectivity index (χ2v) is 7.83. The van der Waals surface area contributed by atoms with E-state index in [1.807, 2.05) is 12.1 Å². The van der Waals surface area contributed by atoms with E-state index in [0.29, 0.717) is 0 Å². The van der Waals surface area contributed by atoms with Gasteiger partial charge in [-0.3, -0.25) is 9.69 Å². The standard InChI is InChI=1S/C22H26F2N4O/c23-17-5-1-15(2-6-17)13-22(29)25-19-9-11-28(12-10-19)21-14-20(26-27-21)16-3-7-18(24)8-4-16/h1-8,19-21,26-27H,9-14H2,(H,25,29). The van der Waals surface area contributed by atoms with Crippen molar-refractivity contribution in [3.63, 3.8) is 0 Å². The summed E-state index contributed by atoms with van der Waals surface area (Å²) in [7, 11) is 0. The van der Waals surface area contributed by atoms with Crippen LogP contribution in [0, 0.1) is 11.6 Å². The number of hydrogen-bond donors (Lipinski definition) is 3. The molecule has 2 aliphatic rings. The van der Waals surface area contributed by atoms with Gasteiger partial charge in [0.1, 0.15) is 11.6 Å². The molecule has 2 atom stereocenters. The lowest BCUT2D eigenvalue weighted by molar-refractivity contribution is -0.121. The van der Waals surface area contributed by atoms with E-state index >= 15 is 0 Å². The molecule has 0 radical (unpaired) electrons. The molecule has 0 aromatic heterocycles. The summed E-state index contributed by atoms with van der Waals surface area (Å²) in [5.74, 6) is -0.537. The molecule has 154 valence electrons. The normalized spacial score (nSPS) is 23.2. The summed E-state index contributed by atoms with van der Waals surface area (Å²) in [5.41, 5.74) is 8.54. The highest BCUT2D eigenvalue weighted by Crippen LogP contribution is 2.25. The Kier molecular flexibility index (Phi) is 6.18. The van der Waals surface area contributed by atoms with Crippen molar-refractivity contribution in [3.8, 4) is 0 Å². The molecule has 0 bridgehead atoms. The Morgan fingerprint density at radius 3 is 2.24 bits per heavy atom. The van der Waals surface area contributed by atoms with Gasteiger partial charge in [0.25, 0.3) is 0 Å². The number of halogens is 2. The van der Waals surface area contributed by atoms with Crippen LogP contribution in [0.15, 0.2) is 48.5 Å². The molecular weight excluding hydrogens is 374 g/mol. The molecule has 1 amide bonds. The quantitative estimate of drug-likeness (QED) is 0.722. The summed E-state index contributed by atoms with van der Waals surface area (Å²) in [6, 6.07) is 13.0. The van der Waals surface area contributed by atoms with Crippen LogP contribution < -0.4 is 16.2 Å². The summed E-state index contributed by atoms with van der Waals surface area (Å²) >= 11 is 0. The minimum atomic E-state index is -0.293. The SMILES string of the molecule is O=C(Cc1ccc(F)cc1)NC1CCN(C2CC(c3ccc(F)cc3)NN2)CC1. The maximum atomic E-state index is 13.1. The molecule has 4 rings (SSSR count). The number of hydrazine groups is 1. The van der Waals surface area contributed by atoms with Gasteiger partial charge >= 0.3 is 0 Å². The lowest BCUT2D eigenvalue weighted by Gasteiger charge is -2.35. The first-order valence-electron chi connectivity index (χ1n) is 10.1. The topological polar surface area (TPSA) is 56.4 Å². The van der Waals surface area contributed by atoms with Crippen molar-refractivity contribution in [2.45, 2.75) is 43.9 Å². The maximum absolute atomic E-state index is 13.1. The lowest BCUT2D eigenvalue weighted by atomic mass is 10.0. The van der Waals surface area contributed by atoms with Gasteiger partial charge in [-0.15, -0.1) is 0 Å². The van der Waals surface area contributed by atoms with Crippen LogP contribution in [-0.4, -0.2) is 36.1 Å². The predicted octanol–water partition coefficient (Wildman–Crippen LogP) is 2.65. The van der Waals surface area contributed by atoms with Gasteiger partial charge in [0.15, 0.2) is 0 Å². The first kappa shape index (κ1) is 19.9. The van der Waals surface area contributed by atoms with Crippen LogP contribution >= 0.6 is 0 Å². The third-order valence-electron chi connectivity index (χ3n) is 5.77.